The summed E-state index contributed by atoms with van der Waals surface area (Å²) in [6.45, 7) is 0. The van der Waals surface area contributed by atoms with Crippen LogP contribution in [-0.2, 0) is 0 Å². The monoisotopic (exact) mass is 607 g/mol. The van der Waals surface area contributed by atoms with Crippen molar-refractivity contribution in [2.75, 3.05) is 0 Å². The minimum absolute atomic E-state index is 0.0710. The Bertz CT molecular complexity index is 1340. The fraction of sp³-hybridized carbons (Fsp3) is 0. The summed E-state index contributed by atoms with van der Waals surface area (Å²) in [6.07, 6.45) is 4.26. The second kappa shape index (κ2) is 18.5. The van der Waals surface area contributed by atoms with Crippen LogP contribution in [0.4, 0.5) is 4.39 Å². The first-order valence-electron chi connectivity index (χ1n) is 10.7. The van der Waals surface area contributed by atoms with Crippen LogP contribution in [0.2, 0.25) is 15.3 Å². The molecule has 0 unspecified atom stereocenters. The van der Waals surface area contributed by atoms with Crippen LogP contribution in [0.15, 0.2) is 91.3 Å². The quantitative estimate of drug-likeness (QED) is 0.105. The molecular formula is C23H25Cl3FN13. The normalized spacial score (nSPS) is 10.3. The number of hydrogen-bond donors (Lipinski definition) is 6. The Morgan fingerprint density at radius 3 is 1.62 bits per heavy atom. The van der Waals surface area contributed by atoms with Gasteiger partial charge in [-0.1, -0.05) is 59.1 Å². The first-order chi connectivity index (χ1) is 19.0. The molecule has 2 aromatic carbocycles. The summed E-state index contributed by atoms with van der Waals surface area (Å²) in [7, 11) is 0. The van der Waals surface area contributed by atoms with E-state index in [1.807, 2.05) is 12.1 Å². The lowest BCUT2D eigenvalue weighted by Gasteiger charge is -1.95. The molecule has 17 heteroatoms. The van der Waals surface area contributed by atoms with E-state index >= 15 is 0 Å². The first kappa shape index (κ1) is 33.2. The second-order valence-electron chi connectivity index (χ2n) is 6.93. The van der Waals surface area contributed by atoms with Gasteiger partial charge in [0.2, 0.25) is 17.9 Å². The second-order valence-corrected chi connectivity index (χ2v) is 8.11. The van der Waals surface area contributed by atoms with Crippen molar-refractivity contribution >= 4 is 71.3 Å². The van der Waals surface area contributed by atoms with E-state index in [4.69, 9.17) is 69.2 Å². The lowest BCUT2D eigenvalue weighted by Crippen LogP contribution is -2.21. The zero-order chi connectivity index (χ0) is 29.9. The van der Waals surface area contributed by atoms with Crippen molar-refractivity contribution in [3.05, 3.63) is 98.5 Å². The van der Waals surface area contributed by atoms with E-state index in [-0.39, 0.29) is 28.8 Å². The molecule has 0 atom stereocenters. The van der Waals surface area contributed by atoms with Gasteiger partial charge >= 0.3 is 0 Å². The topological polar surface area (TPSA) is 243 Å². The van der Waals surface area contributed by atoms with Crippen LogP contribution in [0.5, 0.6) is 0 Å². The molecule has 1 aromatic heterocycles. The molecule has 3 aromatic rings. The third-order valence-electron chi connectivity index (χ3n) is 3.67. The molecule has 3 rings (SSSR count). The van der Waals surface area contributed by atoms with Gasteiger partial charge in [0.1, 0.15) is 16.1 Å². The molecule has 12 N–H and O–H groups in total. The number of nitrogens with zero attached hydrogens (tertiary/aromatic N) is 7. The minimum atomic E-state index is -0.325. The van der Waals surface area contributed by atoms with Crippen LogP contribution >= 0.6 is 34.8 Å². The predicted octanol–water partition coefficient (Wildman–Crippen LogP) is 2.38. The molecule has 0 bridgehead atoms. The van der Waals surface area contributed by atoms with Gasteiger partial charge in [-0.3, -0.25) is 0 Å². The molecule has 0 saturated heterocycles. The Morgan fingerprint density at radius 2 is 1.15 bits per heavy atom. The number of aromatic nitrogens is 1. The largest absolute Gasteiger partial charge is 0.369 e. The lowest BCUT2D eigenvalue weighted by molar-refractivity contribution is 0.627. The van der Waals surface area contributed by atoms with Gasteiger partial charge in [-0.2, -0.15) is 15.3 Å². The Morgan fingerprint density at radius 1 is 0.650 bits per heavy atom. The molecular weight excluding hydrogens is 584 g/mol. The highest BCUT2D eigenvalue weighted by Gasteiger charge is 1.99. The standard InChI is InChI=1S/C8H9ClN4.C8H9FN4.C7H7Cl2N5/c2*9-7-3-1-2-6(4-7)5-12-13-8(10)11;8-5-2-1-4(6(9)13-5)3-12-14-7(10)11/h2*1-5H,(H4,10,11,13);1-3H,(H4,10,11,14)/b2*12-5+;12-3+. The molecule has 0 radical (unpaired) electrons. The van der Waals surface area contributed by atoms with E-state index in [1.54, 1.807) is 36.4 Å². The molecule has 0 saturated carbocycles. The molecule has 1 heterocycles. The number of pyridine rings is 1. The number of guanidine groups is 3. The van der Waals surface area contributed by atoms with E-state index in [1.165, 1.54) is 30.8 Å². The van der Waals surface area contributed by atoms with Crippen molar-refractivity contribution < 1.29 is 4.39 Å². The van der Waals surface area contributed by atoms with Crippen molar-refractivity contribution in [2.45, 2.75) is 0 Å². The van der Waals surface area contributed by atoms with E-state index < -0.39 is 0 Å². The summed E-state index contributed by atoms with van der Waals surface area (Å²) in [6, 6.07) is 16.4. The molecule has 0 spiro atoms. The third-order valence-corrected chi connectivity index (χ3v) is 4.42. The van der Waals surface area contributed by atoms with Gasteiger partial charge in [-0.15, -0.1) is 15.3 Å². The van der Waals surface area contributed by atoms with Gasteiger partial charge in [0.15, 0.2) is 0 Å². The average molecular weight is 609 g/mol. The van der Waals surface area contributed by atoms with E-state index in [0.29, 0.717) is 21.3 Å². The highest BCUT2D eigenvalue weighted by atomic mass is 35.5. The number of hydrogen-bond acceptors (Lipinski definition) is 7. The Hall–Kier alpha value is -4.79. The Kier molecular flexibility index (Phi) is 15.3. The van der Waals surface area contributed by atoms with Crippen molar-refractivity contribution in [3.63, 3.8) is 0 Å². The van der Waals surface area contributed by atoms with Crippen LogP contribution in [0.1, 0.15) is 16.7 Å². The van der Waals surface area contributed by atoms with Crippen LogP contribution < -0.4 is 34.4 Å². The van der Waals surface area contributed by atoms with Crippen LogP contribution in [0.25, 0.3) is 0 Å². The van der Waals surface area contributed by atoms with Gasteiger partial charge in [-0.25, -0.2) is 9.37 Å². The maximum Gasteiger partial charge on any atom is 0.211 e. The van der Waals surface area contributed by atoms with Gasteiger partial charge in [-0.05, 0) is 47.5 Å². The first-order valence-corrected chi connectivity index (χ1v) is 11.8. The number of halogens is 4. The summed E-state index contributed by atoms with van der Waals surface area (Å²) in [5.41, 5.74) is 32.4. The molecule has 0 aliphatic rings. The molecule has 210 valence electrons. The lowest BCUT2D eigenvalue weighted by atomic mass is 10.2. The number of benzene rings is 2. The Labute approximate surface area is 243 Å². The minimum Gasteiger partial charge on any atom is -0.369 e. The molecule has 0 aliphatic heterocycles. The van der Waals surface area contributed by atoms with Crippen LogP contribution in [0, 0.1) is 5.82 Å². The molecule has 40 heavy (non-hydrogen) atoms. The Balaban J connectivity index is 0.000000300. The average Bonchev–Trinajstić information content (AvgIpc) is 2.86. The highest BCUT2D eigenvalue weighted by Crippen LogP contribution is 2.14. The summed E-state index contributed by atoms with van der Waals surface area (Å²) >= 11 is 17.1. The molecule has 0 aliphatic carbocycles. The van der Waals surface area contributed by atoms with Crippen molar-refractivity contribution in [2.24, 2.45) is 65.0 Å². The van der Waals surface area contributed by atoms with Crippen molar-refractivity contribution in [3.8, 4) is 0 Å². The van der Waals surface area contributed by atoms with Crippen LogP contribution in [-0.4, -0.2) is 41.5 Å². The van der Waals surface area contributed by atoms with Crippen LogP contribution in [0.3, 0.4) is 0 Å². The zero-order valence-electron chi connectivity index (χ0n) is 20.6. The van der Waals surface area contributed by atoms with Crippen molar-refractivity contribution in [1.29, 1.82) is 0 Å². The SMILES string of the molecule is NC(N)=N/N=C/c1ccc(Cl)nc1Cl.NC(N)=N/N=C/c1cccc(Cl)c1.NC(N)=N/N=C/c1cccc(F)c1. The fourth-order valence-electron chi connectivity index (χ4n) is 2.18. The summed E-state index contributed by atoms with van der Waals surface area (Å²) < 4.78 is 12.6. The smallest absolute Gasteiger partial charge is 0.211 e. The highest BCUT2D eigenvalue weighted by molar-refractivity contribution is 6.34. The van der Waals surface area contributed by atoms with E-state index in [9.17, 15) is 4.39 Å². The van der Waals surface area contributed by atoms with Gasteiger partial charge < -0.3 is 34.4 Å². The summed E-state index contributed by atoms with van der Waals surface area (Å²) in [5, 5.41) is 22.2. The third kappa shape index (κ3) is 16.1. The number of rotatable bonds is 6. The fourth-order valence-corrected chi connectivity index (χ4v) is 2.77. The molecule has 13 nitrogen and oxygen atoms in total. The van der Waals surface area contributed by atoms with Crippen molar-refractivity contribution in [1.82, 2.24) is 4.98 Å². The van der Waals surface area contributed by atoms with Gasteiger partial charge in [0.05, 0.1) is 18.6 Å². The van der Waals surface area contributed by atoms with Gasteiger partial charge in [0, 0.05) is 10.6 Å². The van der Waals surface area contributed by atoms with E-state index in [0.717, 1.165) is 5.56 Å². The zero-order valence-corrected chi connectivity index (χ0v) is 22.9. The molecule has 0 fully saturated rings. The predicted molar refractivity (Wildman–Crippen MR) is 162 cm³/mol. The summed E-state index contributed by atoms with van der Waals surface area (Å²) in [4.78, 5) is 3.80. The van der Waals surface area contributed by atoms with Gasteiger partial charge in [0.25, 0.3) is 0 Å². The number of nitrogens with two attached hydrogens (primary N) is 6. The molecule has 0 amide bonds. The maximum atomic E-state index is 12.6. The summed E-state index contributed by atoms with van der Waals surface area (Å²) in [5.74, 6) is -0.654. The maximum absolute atomic E-state index is 12.6. The van der Waals surface area contributed by atoms with E-state index in [2.05, 4.69) is 35.6 Å².